The fourth-order valence-electron chi connectivity index (χ4n) is 5.04. The largest absolute Gasteiger partial charge is 0.508 e. The van der Waals surface area contributed by atoms with Gasteiger partial charge in [0.2, 0.25) is 0 Å². The van der Waals surface area contributed by atoms with Gasteiger partial charge in [0.05, 0.1) is 11.6 Å². The summed E-state index contributed by atoms with van der Waals surface area (Å²) >= 11 is 0. The number of allylic oxidation sites excluding steroid dienone is 1. The highest BCUT2D eigenvalue weighted by Gasteiger charge is 2.30. The molecule has 0 atom stereocenters. The van der Waals surface area contributed by atoms with Gasteiger partial charge in [-0.3, -0.25) is 0 Å². The van der Waals surface area contributed by atoms with Crippen LogP contribution in [0.1, 0.15) is 69.1 Å². The molecule has 0 saturated heterocycles. The maximum Gasteiger partial charge on any atom is 0.117 e. The lowest BCUT2D eigenvalue weighted by atomic mass is 9.70. The van der Waals surface area contributed by atoms with E-state index in [2.05, 4.69) is 62.1 Å². The number of aryl methyl sites for hydroxylation is 1. The van der Waals surface area contributed by atoms with Gasteiger partial charge in [0.25, 0.3) is 0 Å². The molecule has 0 spiro atoms. The van der Waals surface area contributed by atoms with Gasteiger partial charge in [0.15, 0.2) is 0 Å². The fraction of sp³-hybridized carbons (Fsp3) is 0.323. The molecular weight excluding hydrogens is 416 g/mol. The fourth-order valence-corrected chi connectivity index (χ4v) is 5.04. The number of nitrogens with zero attached hydrogens (tertiary/aromatic N) is 1. The average Bonchev–Trinajstić information content (AvgIpc) is 2.82. The molecule has 176 valence electrons. The second-order valence-corrected chi connectivity index (χ2v) is 9.34. The number of aromatic hydroxyl groups is 1. The van der Waals surface area contributed by atoms with Crippen molar-refractivity contribution in [3.63, 3.8) is 0 Å². The molecule has 3 rings (SSSR count). The van der Waals surface area contributed by atoms with E-state index in [-0.39, 0.29) is 11.2 Å². The summed E-state index contributed by atoms with van der Waals surface area (Å²) in [5.74, 6) is 0.266. The molecule has 2 N–H and O–H groups in total. The van der Waals surface area contributed by atoms with E-state index in [4.69, 9.17) is 0 Å². The van der Waals surface area contributed by atoms with Crippen molar-refractivity contribution in [3.8, 4) is 22.9 Å². The quantitative estimate of drug-likeness (QED) is 0.307. The summed E-state index contributed by atoms with van der Waals surface area (Å²) in [6.45, 7) is 10.8. The van der Waals surface area contributed by atoms with Crippen LogP contribution in [0.2, 0.25) is 0 Å². The number of benzene rings is 3. The van der Waals surface area contributed by atoms with E-state index >= 15 is 0 Å². The molecule has 0 unspecified atom stereocenters. The SMILES string of the molecule is C=C(CCC(CCC)(CCC)c1ccc(-c2cccc(C#N)c2)cc1)Nc1cc(C)cc(O)c1. The number of anilines is 1. The Hall–Kier alpha value is -3.51. The third-order valence-corrected chi connectivity index (χ3v) is 6.57. The van der Waals surface area contributed by atoms with Crippen LogP contribution in [0.5, 0.6) is 5.75 Å². The molecule has 0 aromatic heterocycles. The Balaban J connectivity index is 1.80. The number of nitriles is 1. The van der Waals surface area contributed by atoms with Gasteiger partial charge in [-0.25, -0.2) is 0 Å². The van der Waals surface area contributed by atoms with Gasteiger partial charge >= 0.3 is 0 Å². The van der Waals surface area contributed by atoms with Crippen LogP contribution in [0.4, 0.5) is 5.69 Å². The van der Waals surface area contributed by atoms with Gasteiger partial charge in [0.1, 0.15) is 5.75 Å². The number of hydrogen-bond acceptors (Lipinski definition) is 3. The number of rotatable bonds is 11. The van der Waals surface area contributed by atoms with Crippen LogP contribution >= 0.6 is 0 Å². The van der Waals surface area contributed by atoms with Crippen LogP contribution in [-0.4, -0.2) is 5.11 Å². The Morgan fingerprint density at radius 3 is 2.26 bits per heavy atom. The first kappa shape index (κ1) is 25.1. The number of hydrogen-bond donors (Lipinski definition) is 2. The van der Waals surface area contributed by atoms with Gasteiger partial charge in [0, 0.05) is 17.5 Å². The van der Waals surface area contributed by atoms with E-state index in [1.54, 1.807) is 12.1 Å². The zero-order valence-electron chi connectivity index (χ0n) is 20.7. The molecule has 0 bridgehead atoms. The number of phenols is 1. The number of phenolic OH excluding ortho intramolecular Hbond substituents is 1. The predicted octanol–water partition coefficient (Wildman–Crippen LogP) is 8.48. The Morgan fingerprint density at radius 1 is 0.941 bits per heavy atom. The van der Waals surface area contributed by atoms with Crippen molar-refractivity contribution in [2.24, 2.45) is 0 Å². The van der Waals surface area contributed by atoms with E-state index in [0.29, 0.717) is 5.56 Å². The third-order valence-electron chi connectivity index (χ3n) is 6.57. The van der Waals surface area contributed by atoms with Crippen molar-refractivity contribution in [2.75, 3.05) is 5.32 Å². The average molecular weight is 453 g/mol. The first-order chi connectivity index (χ1) is 16.4. The number of nitrogens with one attached hydrogen (secondary N) is 1. The van der Waals surface area contributed by atoms with E-state index in [1.807, 2.05) is 31.2 Å². The monoisotopic (exact) mass is 452 g/mol. The van der Waals surface area contributed by atoms with E-state index in [1.165, 1.54) is 5.56 Å². The highest BCUT2D eigenvalue weighted by atomic mass is 16.3. The van der Waals surface area contributed by atoms with Crippen molar-refractivity contribution in [2.45, 2.75) is 64.7 Å². The van der Waals surface area contributed by atoms with E-state index in [0.717, 1.165) is 66.6 Å². The topological polar surface area (TPSA) is 56.0 Å². The van der Waals surface area contributed by atoms with Gasteiger partial charge in [-0.1, -0.05) is 69.7 Å². The second-order valence-electron chi connectivity index (χ2n) is 9.34. The summed E-state index contributed by atoms with van der Waals surface area (Å²) in [7, 11) is 0. The normalized spacial score (nSPS) is 11.1. The molecule has 0 fully saturated rings. The molecule has 0 heterocycles. The molecule has 0 saturated carbocycles. The maximum atomic E-state index is 9.90. The zero-order chi connectivity index (χ0) is 24.6. The maximum absolute atomic E-state index is 9.90. The summed E-state index contributed by atoms with van der Waals surface area (Å²) in [4.78, 5) is 0. The Kier molecular flexibility index (Phi) is 8.55. The Morgan fingerprint density at radius 2 is 1.65 bits per heavy atom. The van der Waals surface area contributed by atoms with Gasteiger partial charge in [-0.05, 0) is 84.5 Å². The van der Waals surface area contributed by atoms with Crippen LogP contribution in [-0.2, 0) is 5.41 Å². The minimum absolute atomic E-state index is 0.0932. The van der Waals surface area contributed by atoms with Crippen LogP contribution in [0.25, 0.3) is 11.1 Å². The minimum Gasteiger partial charge on any atom is -0.508 e. The standard InChI is InChI=1S/C31H36N2O/c1-5-15-31(16-6-2,17-14-24(4)33-29-18-23(3)19-30(34)21-29)28-12-10-26(11-13-28)27-9-7-8-25(20-27)22-32/h7-13,18-21,33-34H,4-6,14-17H2,1-3H3. The van der Waals surface area contributed by atoms with Crippen molar-refractivity contribution < 1.29 is 5.11 Å². The van der Waals surface area contributed by atoms with Gasteiger partial charge in [-0.2, -0.15) is 5.26 Å². The molecule has 3 aromatic carbocycles. The first-order valence-electron chi connectivity index (χ1n) is 12.3. The Bertz CT molecular complexity index is 1130. The van der Waals surface area contributed by atoms with Gasteiger partial charge in [-0.15, -0.1) is 0 Å². The molecule has 3 aromatic rings. The van der Waals surface area contributed by atoms with Crippen LogP contribution in [0.3, 0.4) is 0 Å². The van der Waals surface area contributed by atoms with Crippen molar-refractivity contribution in [3.05, 3.63) is 95.7 Å². The molecule has 0 radical (unpaired) electrons. The van der Waals surface area contributed by atoms with Gasteiger partial charge < -0.3 is 10.4 Å². The lowest BCUT2D eigenvalue weighted by Gasteiger charge is -2.35. The first-order valence-corrected chi connectivity index (χ1v) is 12.3. The summed E-state index contributed by atoms with van der Waals surface area (Å²) in [6, 6.07) is 24.4. The highest BCUT2D eigenvalue weighted by molar-refractivity contribution is 5.65. The van der Waals surface area contributed by atoms with Crippen LogP contribution < -0.4 is 5.32 Å². The van der Waals surface area contributed by atoms with Crippen molar-refractivity contribution in [1.82, 2.24) is 0 Å². The van der Waals surface area contributed by atoms with E-state index in [9.17, 15) is 10.4 Å². The molecule has 0 aliphatic carbocycles. The lowest BCUT2D eigenvalue weighted by molar-refractivity contribution is 0.330. The molecule has 0 amide bonds. The van der Waals surface area contributed by atoms with Crippen LogP contribution in [0.15, 0.2) is 79.0 Å². The molecule has 0 aliphatic heterocycles. The Labute approximate surface area is 204 Å². The minimum atomic E-state index is 0.0932. The third kappa shape index (κ3) is 6.29. The predicted molar refractivity (Wildman–Crippen MR) is 143 cm³/mol. The zero-order valence-corrected chi connectivity index (χ0v) is 20.7. The smallest absolute Gasteiger partial charge is 0.117 e. The molecule has 34 heavy (non-hydrogen) atoms. The van der Waals surface area contributed by atoms with Crippen molar-refractivity contribution in [1.29, 1.82) is 5.26 Å². The summed E-state index contributed by atoms with van der Waals surface area (Å²) < 4.78 is 0. The van der Waals surface area contributed by atoms with E-state index < -0.39 is 0 Å². The lowest BCUT2D eigenvalue weighted by Crippen LogP contribution is -2.26. The molecule has 3 heteroatoms. The molecule has 0 aliphatic rings. The summed E-state index contributed by atoms with van der Waals surface area (Å²) in [5, 5.41) is 22.5. The summed E-state index contributed by atoms with van der Waals surface area (Å²) in [5.41, 5.74) is 7.21. The molecule has 3 nitrogen and oxygen atoms in total. The van der Waals surface area contributed by atoms with Crippen LogP contribution in [0, 0.1) is 18.3 Å². The summed E-state index contributed by atoms with van der Waals surface area (Å²) in [6.07, 6.45) is 6.38. The second kappa shape index (κ2) is 11.6. The molecular formula is C31H36N2O. The highest BCUT2D eigenvalue weighted by Crippen LogP contribution is 2.40. The van der Waals surface area contributed by atoms with Crippen molar-refractivity contribution >= 4 is 5.69 Å².